The normalized spacial score (nSPS) is 16.3. The molecule has 0 saturated carbocycles. The summed E-state index contributed by atoms with van der Waals surface area (Å²) in [6.07, 6.45) is 2.44. The molecule has 1 aromatic heterocycles. The third kappa shape index (κ3) is 4.92. The molecular weight excluding hydrogens is 332 g/mol. The van der Waals surface area contributed by atoms with Gasteiger partial charge < -0.3 is 20.1 Å². The van der Waals surface area contributed by atoms with Crippen LogP contribution in [0.2, 0.25) is 0 Å². The van der Waals surface area contributed by atoms with Gasteiger partial charge in [0.05, 0.1) is 18.3 Å². The van der Waals surface area contributed by atoms with Crippen LogP contribution in [-0.2, 0) is 9.47 Å². The molecule has 1 unspecified atom stereocenters. The molecule has 3 rings (SSSR count). The van der Waals surface area contributed by atoms with E-state index in [2.05, 4.69) is 20.6 Å². The van der Waals surface area contributed by atoms with Crippen LogP contribution in [0, 0.1) is 6.92 Å². The van der Waals surface area contributed by atoms with Crippen LogP contribution in [-0.4, -0.2) is 41.8 Å². The number of hydrogen-bond acceptors (Lipinski definition) is 7. The summed E-state index contributed by atoms with van der Waals surface area (Å²) >= 11 is 0. The lowest BCUT2D eigenvalue weighted by Crippen LogP contribution is -2.19. The van der Waals surface area contributed by atoms with Gasteiger partial charge in [0.15, 0.2) is 0 Å². The molecule has 1 aliphatic heterocycles. The van der Waals surface area contributed by atoms with E-state index in [1.165, 1.54) is 0 Å². The van der Waals surface area contributed by atoms with Crippen molar-refractivity contribution < 1.29 is 14.3 Å². The lowest BCUT2D eigenvalue weighted by Gasteiger charge is -2.13. The molecule has 2 aromatic rings. The molecule has 0 amide bonds. The van der Waals surface area contributed by atoms with E-state index >= 15 is 0 Å². The Morgan fingerprint density at radius 1 is 1.27 bits per heavy atom. The van der Waals surface area contributed by atoms with Crippen molar-refractivity contribution >= 4 is 23.3 Å². The molecule has 7 nitrogen and oxygen atoms in total. The standard InChI is InChI=1S/C19H24N4O3/c1-3-25-19(24)14-6-8-15(9-7-14)23-18-11-17(21-13(2)22-18)20-12-16-5-4-10-26-16/h6-9,11,16H,3-5,10,12H2,1-2H3,(H2,20,21,22,23). The number of esters is 1. The Hall–Kier alpha value is -2.67. The predicted molar refractivity (Wildman–Crippen MR) is 99.9 cm³/mol. The number of ether oxygens (including phenoxy) is 2. The van der Waals surface area contributed by atoms with Crippen molar-refractivity contribution in [3.8, 4) is 0 Å². The average molecular weight is 356 g/mol. The largest absolute Gasteiger partial charge is 0.462 e. The number of carbonyl (C=O) groups excluding carboxylic acids is 1. The Kier molecular flexibility index (Phi) is 6.01. The maximum atomic E-state index is 11.7. The van der Waals surface area contributed by atoms with Gasteiger partial charge in [-0.1, -0.05) is 0 Å². The lowest BCUT2D eigenvalue weighted by molar-refractivity contribution is 0.0526. The molecule has 0 spiro atoms. The minimum Gasteiger partial charge on any atom is -0.462 e. The zero-order valence-electron chi connectivity index (χ0n) is 15.1. The van der Waals surface area contributed by atoms with Crippen LogP contribution in [0.5, 0.6) is 0 Å². The van der Waals surface area contributed by atoms with E-state index in [1.807, 2.05) is 25.1 Å². The van der Waals surface area contributed by atoms with Crippen molar-refractivity contribution in [2.75, 3.05) is 30.4 Å². The monoisotopic (exact) mass is 356 g/mol. The Labute approximate surface area is 153 Å². The van der Waals surface area contributed by atoms with E-state index in [4.69, 9.17) is 9.47 Å². The molecule has 26 heavy (non-hydrogen) atoms. The summed E-state index contributed by atoms with van der Waals surface area (Å²) in [7, 11) is 0. The van der Waals surface area contributed by atoms with E-state index in [9.17, 15) is 4.79 Å². The molecular formula is C19H24N4O3. The summed E-state index contributed by atoms with van der Waals surface area (Å²) < 4.78 is 10.6. The van der Waals surface area contributed by atoms with Crippen molar-refractivity contribution in [2.45, 2.75) is 32.8 Å². The number of nitrogens with zero attached hydrogens (tertiary/aromatic N) is 2. The molecule has 7 heteroatoms. The Balaban J connectivity index is 1.64. The molecule has 1 aromatic carbocycles. The zero-order valence-corrected chi connectivity index (χ0v) is 15.1. The average Bonchev–Trinajstić information content (AvgIpc) is 3.14. The highest BCUT2D eigenvalue weighted by Crippen LogP contribution is 2.19. The van der Waals surface area contributed by atoms with Crippen LogP contribution >= 0.6 is 0 Å². The van der Waals surface area contributed by atoms with Crippen LogP contribution < -0.4 is 10.6 Å². The predicted octanol–water partition coefficient (Wildman–Crippen LogP) is 3.30. The van der Waals surface area contributed by atoms with Gasteiger partial charge in [-0.25, -0.2) is 14.8 Å². The van der Waals surface area contributed by atoms with Crippen molar-refractivity contribution in [2.24, 2.45) is 0 Å². The highest BCUT2D eigenvalue weighted by molar-refractivity contribution is 5.89. The highest BCUT2D eigenvalue weighted by atomic mass is 16.5. The van der Waals surface area contributed by atoms with Gasteiger partial charge in [0, 0.05) is 24.9 Å². The first-order valence-corrected chi connectivity index (χ1v) is 8.89. The number of nitrogens with one attached hydrogen (secondary N) is 2. The van der Waals surface area contributed by atoms with E-state index in [-0.39, 0.29) is 12.1 Å². The summed E-state index contributed by atoms with van der Waals surface area (Å²) in [5.41, 5.74) is 1.36. The number of hydrogen-bond donors (Lipinski definition) is 2. The fourth-order valence-electron chi connectivity index (χ4n) is 2.80. The second-order valence-corrected chi connectivity index (χ2v) is 6.12. The third-order valence-corrected chi connectivity index (χ3v) is 4.04. The summed E-state index contributed by atoms with van der Waals surface area (Å²) in [6.45, 7) is 5.58. The molecule has 0 radical (unpaired) electrons. The van der Waals surface area contributed by atoms with Crippen molar-refractivity contribution in [1.82, 2.24) is 9.97 Å². The first-order valence-electron chi connectivity index (χ1n) is 8.89. The molecule has 2 heterocycles. The summed E-state index contributed by atoms with van der Waals surface area (Å²) in [4.78, 5) is 20.5. The van der Waals surface area contributed by atoms with Gasteiger partial charge in [0.2, 0.25) is 0 Å². The smallest absolute Gasteiger partial charge is 0.338 e. The SMILES string of the molecule is CCOC(=O)c1ccc(Nc2cc(NCC3CCCO3)nc(C)n2)cc1. The summed E-state index contributed by atoms with van der Waals surface area (Å²) in [6, 6.07) is 8.96. The Morgan fingerprint density at radius 2 is 2.04 bits per heavy atom. The maximum absolute atomic E-state index is 11.7. The Bertz CT molecular complexity index is 743. The minimum atomic E-state index is -0.322. The van der Waals surface area contributed by atoms with Crippen LogP contribution in [0.25, 0.3) is 0 Å². The van der Waals surface area contributed by atoms with Crippen molar-refractivity contribution in [3.63, 3.8) is 0 Å². The van der Waals surface area contributed by atoms with Crippen molar-refractivity contribution in [3.05, 3.63) is 41.7 Å². The number of carbonyl (C=O) groups is 1. The fourth-order valence-corrected chi connectivity index (χ4v) is 2.80. The topological polar surface area (TPSA) is 85.4 Å². The van der Waals surface area contributed by atoms with E-state index in [0.717, 1.165) is 37.5 Å². The van der Waals surface area contributed by atoms with Gasteiger partial charge in [-0.3, -0.25) is 0 Å². The van der Waals surface area contributed by atoms with Crippen LogP contribution in [0.15, 0.2) is 30.3 Å². The first-order chi connectivity index (χ1) is 12.6. The van der Waals surface area contributed by atoms with Crippen molar-refractivity contribution in [1.29, 1.82) is 0 Å². The van der Waals surface area contributed by atoms with Gasteiger partial charge in [-0.05, 0) is 51.0 Å². The second kappa shape index (κ2) is 8.62. The third-order valence-electron chi connectivity index (χ3n) is 4.04. The number of rotatable bonds is 7. The molecule has 1 atom stereocenters. The lowest BCUT2D eigenvalue weighted by atomic mass is 10.2. The number of benzene rings is 1. The number of aromatic nitrogens is 2. The van der Waals surface area contributed by atoms with Gasteiger partial charge in [0.1, 0.15) is 17.5 Å². The Morgan fingerprint density at radius 3 is 2.73 bits per heavy atom. The van der Waals surface area contributed by atoms with E-state index < -0.39 is 0 Å². The van der Waals surface area contributed by atoms with E-state index in [1.54, 1.807) is 19.1 Å². The molecule has 2 N–H and O–H groups in total. The summed E-state index contributed by atoms with van der Waals surface area (Å²) in [5, 5.41) is 6.55. The zero-order chi connectivity index (χ0) is 18.4. The number of anilines is 3. The highest BCUT2D eigenvalue weighted by Gasteiger charge is 2.15. The maximum Gasteiger partial charge on any atom is 0.338 e. The van der Waals surface area contributed by atoms with Gasteiger partial charge >= 0.3 is 5.97 Å². The molecule has 0 bridgehead atoms. The van der Waals surface area contributed by atoms with Crippen LogP contribution in [0.1, 0.15) is 35.9 Å². The fraction of sp³-hybridized carbons (Fsp3) is 0.421. The second-order valence-electron chi connectivity index (χ2n) is 6.12. The number of aryl methyl sites for hydroxylation is 1. The van der Waals surface area contributed by atoms with Gasteiger partial charge in [-0.15, -0.1) is 0 Å². The summed E-state index contributed by atoms with van der Waals surface area (Å²) in [5.74, 6) is 1.81. The van der Waals surface area contributed by atoms with Crippen LogP contribution in [0.3, 0.4) is 0 Å². The molecule has 138 valence electrons. The molecule has 1 aliphatic rings. The van der Waals surface area contributed by atoms with Gasteiger partial charge in [-0.2, -0.15) is 0 Å². The minimum absolute atomic E-state index is 0.247. The van der Waals surface area contributed by atoms with E-state index in [0.29, 0.717) is 23.8 Å². The molecule has 0 aliphatic carbocycles. The first kappa shape index (κ1) is 18.1. The molecule has 1 saturated heterocycles. The quantitative estimate of drug-likeness (QED) is 0.736. The van der Waals surface area contributed by atoms with Crippen LogP contribution in [0.4, 0.5) is 17.3 Å². The van der Waals surface area contributed by atoms with Gasteiger partial charge in [0.25, 0.3) is 0 Å². The molecule has 1 fully saturated rings.